The molecule has 0 fully saturated rings. The van der Waals surface area contributed by atoms with Gasteiger partial charge in [-0.15, -0.1) is 22.7 Å². The summed E-state index contributed by atoms with van der Waals surface area (Å²) < 4.78 is 1.66. The Balaban J connectivity index is 2.05. The predicted molar refractivity (Wildman–Crippen MR) is 84.6 cm³/mol. The van der Waals surface area contributed by atoms with Crippen molar-refractivity contribution in [3.05, 3.63) is 48.8 Å². The molecule has 6 heteroatoms. The van der Waals surface area contributed by atoms with Crippen LogP contribution >= 0.6 is 22.7 Å². The zero-order valence-corrected chi connectivity index (χ0v) is 13.0. The number of fused-ring (bicyclic) bond motifs is 1. The van der Waals surface area contributed by atoms with Crippen molar-refractivity contribution < 1.29 is 0 Å². The summed E-state index contributed by atoms with van der Waals surface area (Å²) in [5, 5.41) is 1.03. The van der Waals surface area contributed by atoms with Crippen molar-refractivity contribution in [3.63, 3.8) is 0 Å². The Morgan fingerprint density at radius 2 is 2.00 bits per heavy atom. The zero-order chi connectivity index (χ0) is 14.3. The summed E-state index contributed by atoms with van der Waals surface area (Å²) in [6.07, 6.45) is 5.62. The maximum atomic E-state index is 12.1. The van der Waals surface area contributed by atoms with Crippen LogP contribution in [0.15, 0.2) is 17.1 Å². The molecule has 3 aromatic rings. The molecule has 0 aliphatic carbocycles. The van der Waals surface area contributed by atoms with Gasteiger partial charge in [-0.25, -0.2) is 9.97 Å². The Labute approximate surface area is 124 Å². The van der Waals surface area contributed by atoms with Gasteiger partial charge in [0, 0.05) is 27.7 Å². The minimum atomic E-state index is -0.0306. The van der Waals surface area contributed by atoms with E-state index in [1.165, 1.54) is 0 Å². The second kappa shape index (κ2) is 4.96. The fraction of sp³-hybridized carbons (Fsp3) is 0.214. The summed E-state index contributed by atoms with van der Waals surface area (Å²) in [4.78, 5) is 23.8. The van der Waals surface area contributed by atoms with E-state index in [9.17, 15) is 4.79 Å². The van der Waals surface area contributed by atoms with Gasteiger partial charge in [-0.05, 0) is 32.9 Å². The average molecular weight is 303 g/mol. The molecule has 3 aromatic heterocycles. The molecule has 0 aliphatic rings. The molecule has 0 amide bonds. The maximum absolute atomic E-state index is 12.1. The van der Waals surface area contributed by atoms with Crippen LogP contribution in [0, 0.1) is 20.8 Å². The van der Waals surface area contributed by atoms with Gasteiger partial charge in [0.2, 0.25) is 0 Å². The summed E-state index contributed by atoms with van der Waals surface area (Å²) >= 11 is 3.16. The average Bonchev–Trinajstić information content (AvgIpc) is 2.92. The SMILES string of the molecule is Cc1ncc(/C=C/c2cc(=O)n3c(C)c(C)sc3n2)s1. The Morgan fingerprint density at radius 3 is 2.70 bits per heavy atom. The van der Waals surface area contributed by atoms with Crippen LogP contribution in [-0.2, 0) is 0 Å². The highest BCUT2D eigenvalue weighted by Gasteiger charge is 2.08. The van der Waals surface area contributed by atoms with Crippen LogP contribution in [0.4, 0.5) is 0 Å². The minimum Gasteiger partial charge on any atom is -0.269 e. The van der Waals surface area contributed by atoms with E-state index in [1.807, 2.05) is 39.1 Å². The molecular weight excluding hydrogens is 290 g/mol. The van der Waals surface area contributed by atoms with Crippen molar-refractivity contribution in [1.82, 2.24) is 14.4 Å². The highest BCUT2D eigenvalue weighted by molar-refractivity contribution is 7.17. The van der Waals surface area contributed by atoms with E-state index in [0.717, 1.165) is 25.4 Å². The number of hydrogen-bond donors (Lipinski definition) is 0. The van der Waals surface area contributed by atoms with E-state index in [0.29, 0.717) is 5.69 Å². The van der Waals surface area contributed by atoms with Gasteiger partial charge in [0.15, 0.2) is 4.96 Å². The molecule has 102 valence electrons. The van der Waals surface area contributed by atoms with Crippen LogP contribution in [0.25, 0.3) is 17.1 Å². The fourth-order valence-electron chi connectivity index (χ4n) is 1.93. The molecule has 3 heterocycles. The first-order chi connectivity index (χ1) is 9.54. The molecule has 0 saturated carbocycles. The molecule has 0 radical (unpaired) electrons. The van der Waals surface area contributed by atoms with Crippen LogP contribution in [-0.4, -0.2) is 14.4 Å². The fourth-order valence-corrected chi connectivity index (χ4v) is 3.60. The van der Waals surface area contributed by atoms with Crippen molar-refractivity contribution in [1.29, 1.82) is 0 Å². The number of nitrogens with zero attached hydrogens (tertiary/aromatic N) is 3. The van der Waals surface area contributed by atoms with Gasteiger partial charge in [-0.3, -0.25) is 9.20 Å². The first-order valence-electron chi connectivity index (χ1n) is 6.15. The van der Waals surface area contributed by atoms with Crippen molar-refractivity contribution in [2.45, 2.75) is 20.8 Å². The third-order valence-electron chi connectivity index (χ3n) is 3.05. The quantitative estimate of drug-likeness (QED) is 0.729. The van der Waals surface area contributed by atoms with Crippen LogP contribution in [0.2, 0.25) is 0 Å². The standard InChI is InChI=1S/C14H13N3OS2/c1-8-9(2)19-14-16-11(6-13(18)17(8)14)4-5-12-7-15-10(3)20-12/h4-7H,1-3H3/b5-4+. The summed E-state index contributed by atoms with van der Waals surface area (Å²) in [6, 6.07) is 1.57. The summed E-state index contributed by atoms with van der Waals surface area (Å²) in [6.45, 7) is 5.91. The number of thiazole rings is 2. The molecule has 0 unspecified atom stereocenters. The molecular formula is C14H13N3OS2. The van der Waals surface area contributed by atoms with Crippen molar-refractivity contribution in [2.24, 2.45) is 0 Å². The molecule has 0 aromatic carbocycles. The number of rotatable bonds is 2. The second-order valence-electron chi connectivity index (χ2n) is 4.50. The zero-order valence-electron chi connectivity index (χ0n) is 11.4. The Bertz CT molecular complexity index is 870. The second-order valence-corrected chi connectivity index (χ2v) is 6.94. The maximum Gasteiger partial charge on any atom is 0.259 e. The first-order valence-corrected chi connectivity index (χ1v) is 7.78. The predicted octanol–water partition coefficient (Wildman–Crippen LogP) is 3.31. The van der Waals surface area contributed by atoms with E-state index in [4.69, 9.17) is 0 Å². The number of aryl methyl sites for hydroxylation is 3. The van der Waals surface area contributed by atoms with Crippen LogP contribution < -0.4 is 5.56 Å². The number of aromatic nitrogens is 3. The molecule has 4 nitrogen and oxygen atoms in total. The largest absolute Gasteiger partial charge is 0.269 e. The molecule has 0 N–H and O–H groups in total. The molecule has 0 atom stereocenters. The summed E-state index contributed by atoms with van der Waals surface area (Å²) in [5.41, 5.74) is 1.62. The van der Waals surface area contributed by atoms with Gasteiger partial charge in [-0.2, -0.15) is 0 Å². The van der Waals surface area contributed by atoms with E-state index >= 15 is 0 Å². The topological polar surface area (TPSA) is 47.3 Å². The molecule has 0 bridgehead atoms. The Morgan fingerprint density at radius 1 is 1.20 bits per heavy atom. The van der Waals surface area contributed by atoms with E-state index in [2.05, 4.69) is 9.97 Å². The lowest BCUT2D eigenvalue weighted by Gasteiger charge is -1.96. The lowest BCUT2D eigenvalue weighted by molar-refractivity contribution is 1.01. The van der Waals surface area contributed by atoms with Crippen LogP contribution in [0.3, 0.4) is 0 Å². The highest BCUT2D eigenvalue weighted by atomic mass is 32.1. The molecule has 20 heavy (non-hydrogen) atoms. The molecule has 0 spiro atoms. The first kappa shape index (κ1) is 13.2. The van der Waals surface area contributed by atoms with E-state index < -0.39 is 0 Å². The summed E-state index contributed by atoms with van der Waals surface area (Å²) in [5.74, 6) is 0. The lowest BCUT2D eigenvalue weighted by atomic mass is 10.3. The Hall–Kier alpha value is -1.79. The van der Waals surface area contributed by atoms with Crippen LogP contribution in [0.1, 0.15) is 26.1 Å². The van der Waals surface area contributed by atoms with Crippen molar-refractivity contribution in [3.8, 4) is 0 Å². The normalized spacial score (nSPS) is 11.8. The van der Waals surface area contributed by atoms with Gasteiger partial charge in [0.05, 0.1) is 10.7 Å². The molecule has 0 saturated heterocycles. The van der Waals surface area contributed by atoms with Crippen molar-refractivity contribution >= 4 is 39.8 Å². The smallest absolute Gasteiger partial charge is 0.259 e. The third-order valence-corrected chi connectivity index (χ3v) is 4.99. The lowest BCUT2D eigenvalue weighted by Crippen LogP contribution is -2.14. The van der Waals surface area contributed by atoms with E-state index in [1.54, 1.807) is 33.1 Å². The van der Waals surface area contributed by atoms with E-state index in [-0.39, 0.29) is 5.56 Å². The van der Waals surface area contributed by atoms with Gasteiger partial charge in [0.25, 0.3) is 5.56 Å². The highest BCUT2D eigenvalue weighted by Crippen LogP contribution is 2.19. The molecule has 0 aliphatic heterocycles. The van der Waals surface area contributed by atoms with Gasteiger partial charge < -0.3 is 0 Å². The van der Waals surface area contributed by atoms with Gasteiger partial charge in [0.1, 0.15) is 0 Å². The summed E-state index contributed by atoms with van der Waals surface area (Å²) in [7, 11) is 0. The van der Waals surface area contributed by atoms with Gasteiger partial charge >= 0.3 is 0 Å². The van der Waals surface area contributed by atoms with Crippen LogP contribution in [0.5, 0.6) is 0 Å². The third kappa shape index (κ3) is 2.32. The van der Waals surface area contributed by atoms with Crippen molar-refractivity contribution in [2.75, 3.05) is 0 Å². The Kier molecular flexibility index (Phi) is 3.27. The van der Waals surface area contributed by atoms with Gasteiger partial charge in [-0.1, -0.05) is 0 Å². The monoisotopic (exact) mass is 303 g/mol. The minimum absolute atomic E-state index is 0.0306. The molecule has 3 rings (SSSR count). The number of hydrogen-bond acceptors (Lipinski definition) is 5.